The number of benzene rings is 2. The van der Waals surface area contributed by atoms with Gasteiger partial charge >= 0.3 is 0 Å². The number of hydrogen-bond acceptors (Lipinski definition) is 0. The van der Waals surface area contributed by atoms with Gasteiger partial charge in [0.1, 0.15) is 0 Å². The molecule has 0 radical (unpaired) electrons. The van der Waals surface area contributed by atoms with Gasteiger partial charge in [-0.05, 0) is 140 Å². The molecule has 0 saturated heterocycles. The van der Waals surface area contributed by atoms with Crippen LogP contribution in [0.5, 0.6) is 0 Å². The summed E-state index contributed by atoms with van der Waals surface area (Å²) in [5, 5.41) is 5.80. The lowest BCUT2D eigenvalue weighted by Gasteiger charge is -2.37. The average molecular weight is 723 g/mol. The molecule has 2 aromatic rings. The zero-order valence-electron chi connectivity index (χ0n) is 32.3. The lowest BCUT2D eigenvalue weighted by molar-refractivity contribution is 0.664. The fraction of sp³-hybridized carbons (Fsp3) is 0.250. The Morgan fingerprint density at radius 3 is 1.62 bits per heavy atom. The predicted octanol–water partition coefficient (Wildman–Crippen LogP) is 10.6. The standard InChI is InChI=1S/C56H50/c1-3-15-37(16-4-1)43-33-34-51-52(36-43)55(39-18-5-2-6-19-39)48-24-12-9-21-45(48)54(51)41-30-28-40(29-31-41)53-46-22-10-13-25-49(46)56(50-26-14-11-23-47(50)53)44-32-27-38-17-7-8-20-42(38)35-44/h1-5,7,9-15,17-18,21-26,28,30,33-37,45-46,48-49H,6,8,16,19-20,27,29,31-32H2. The Morgan fingerprint density at radius 1 is 0.411 bits per heavy atom. The molecule has 11 rings (SSSR count). The summed E-state index contributed by atoms with van der Waals surface area (Å²) in [4.78, 5) is 0. The zero-order chi connectivity index (χ0) is 37.0. The molecule has 2 aromatic carbocycles. The molecule has 9 aliphatic carbocycles. The largest absolute Gasteiger partial charge is 0.0842 e. The van der Waals surface area contributed by atoms with Crippen LogP contribution < -0.4 is 20.9 Å². The van der Waals surface area contributed by atoms with Crippen molar-refractivity contribution in [2.24, 2.45) is 23.7 Å². The minimum atomic E-state index is 0.342. The molecule has 0 heteroatoms. The van der Waals surface area contributed by atoms with Crippen LogP contribution in [0, 0.1) is 23.7 Å². The maximum Gasteiger partial charge on any atom is 0.0134 e. The maximum absolute atomic E-state index is 2.58. The molecule has 0 fully saturated rings. The van der Waals surface area contributed by atoms with E-state index in [4.69, 9.17) is 0 Å². The zero-order valence-corrected chi connectivity index (χ0v) is 32.3. The fourth-order valence-electron chi connectivity index (χ4n) is 11.4. The van der Waals surface area contributed by atoms with Gasteiger partial charge in [0.25, 0.3) is 0 Å². The molecule has 0 amide bonds. The lowest BCUT2D eigenvalue weighted by Crippen LogP contribution is -2.41. The summed E-state index contributed by atoms with van der Waals surface area (Å²) in [6.45, 7) is 0. The van der Waals surface area contributed by atoms with Gasteiger partial charge in [-0.15, -0.1) is 0 Å². The van der Waals surface area contributed by atoms with E-state index < -0.39 is 0 Å². The molecule has 56 heavy (non-hydrogen) atoms. The SMILES string of the molecule is C1=CCCC(C2=c3cc(C4C=CC=CC4)ccc3=C(C3=CC=C(C4=c5ccccc5=C(C5=CC6=C(C=CCC6)CC5)C5C=CC=CC45)CC3)C3C=CC=CC23)=C1. The molecule has 0 heterocycles. The van der Waals surface area contributed by atoms with Crippen LogP contribution >= 0.6 is 0 Å². The van der Waals surface area contributed by atoms with E-state index in [0.29, 0.717) is 29.6 Å². The first kappa shape index (κ1) is 33.8. The highest BCUT2D eigenvalue weighted by Gasteiger charge is 2.37. The third kappa shape index (κ3) is 5.72. The van der Waals surface area contributed by atoms with Crippen LogP contribution in [-0.4, -0.2) is 0 Å². The highest BCUT2D eigenvalue weighted by Crippen LogP contribution is 2.47. The van der Waals surface area contributed by atoms with Crippen molar-refractivity contribution in [3.05, 3.63) is 224 Å². The van der Waals surface area contributed by atoms with Gasteiger partial charge in [0.15, 0.2) is 0 Å². The molecule has 5 unspecified atom stereocenters. The fourth-order valence-corrected chi connectivity index (χ4v) is 11.4. The van der Waals surface area contributed by atoms with Crippen LogP contribution in [0.3, 0.4) is 0 Å². The molecule has 0 saturated carbocycles. The maximum atomic E-state index is 2.58. The van der Waals surface area contributed by atoms with Crippen molar-refractivity contribution in [1.82, 2.24) is 0 Å². The third-order valence-corrected chi connectivity index (χ3v) is 14.0. The van der Waals surface area contributed by atoms with Crippen LogP contribution in [0.4, 0.5) is 0 Å². The minimum Gasteiger partial charge on any atom is -0.0842 e. The molecule has 0 spiro atoms. The van der Waals surface area contributed by atoms with Crippen molar-refractivity contribution >= 4 is 22.3 Å². The first-order valence-corrected chi connectivity index (χ1v) is 21.4. The second-order valence-corrected chi connectivity index (χ2v) is 17.0. The lowest BCUT2D eigenvalue weighted by atomic mass is 9.66. The van der Waals surface area contributed by atoms with Gasteiger partial charge in [0.05, 0.1) is 0 Å². The van der Waals surface area contributed by atoms with Gasteiger partial charge in [0, 0.05) is 29.6 Å². The highest BCUT2D eigenvalue weighted by atomic mass is 14.4. The Balaban J connectivity index is 1.09. The van der Waals surface area contributed by atoms with Gasteiger partial charge in [0.2, 0.25) is 0 Å². The minimum absolute atomic E-state index is 0.342. The number of hydrogen-bond donors (Lipinski definition) is 0. The molecule has 274 valence electrons. The van der Waals surface area contributed by atoms with Gasteiger partial charge < -0.3 is 0 Å². The van der Waals surface area contributed by atoms with Gasteiger partial charge in [-0.3, -0.25) is 0 Å². The monoisotopic (exact) mass is 722 g/mol. The molecular formula is C56H50. The summed E-state index contributed by atoms with van der Waals surface area (Å²) in [5.74, 6) is 1.84. The van der Waals surface area contributed by atoms with Crippen LogP contribution in [0.1, 0.15) is 69.3 Å². The Kier molecular flexibility index (Phi) is 8.60. The second kappa shape index (κ2) is 14.2. The highest BCUT2D eigenvalue weighted by molar-refractivity contribution is 5.84. The summed E-state index contributed by atoms with van der Waals surface area (Å²) >= 11 is 0. The third-order valence-electron chi connectivity index (χ3n) is 14.0. The van der Waals surface area contributed by atoms with Crippen molar-refractivity contribution < 1.29 is 0 Å². The first-order valence-electron chi connectivity index (χ1n) is 21.4. The molecule has 9 aliphatic rings. The van der Waals surface area contributed by atoms with Gasteiger partial charge in [-0.2, -0.15) is 0 Å². The number of allylic oxidation sites excluding steroid dienone is 26. The van der Waals surface area contributed by atoms with Gasteiger partial charge in [-0.25, -0.2) is 0 Å². The summed E-state index contributed by atoms with van der Waals surface area (Å²) in [6.07, 6.45) is 57.8. The van der Waals surface area contributed by atoms with E-state index >= 15 is 0 Å². The van der Waals surface area contributed by atoms with Gasteiger partial charge in [-0.1, -0.05) is 164 Å². The molecule has 0 N–H and O–H groups in total. The van der Waals surface area contributed by atoms with E-state index in [2.05, 4.69) is 164 Å². The quantitative estimate of drug-likeness (QED) is 0.288. The summed E-state index contributed by atoms with van der Waals surface area (Å²) in [6, 6.07) is 16.9. The van der Waals surface area contributed by atoms with E-state index in [1.807, 2.05) is 0 Å². The van der Waals surface area contributed by atoms with Crippen molar-refractivity contribution in [1.29, 1.82) is 0 Å². The normalized spacial score (nSPS) is 28.2. The Bertz CT molecular complexity index is 2720. The Labute approximate surface area is 332 Å². The molecule has 0 nitrogen and oxygen atoms in total. The average Bonchev–Trinajstić information content (AvgIpc) is 3.27. The summed E-state index contributed by atoms with van der Waals surface area (Å²) < 4.78 is 0. The van der Waals surface area contributed by atoms with E-state index in [9.17, 15) is 0 Å². The Hall–Kier alpha value is -5.46. The van der Waals surface area contributed by atoms with Crippen LogP contribution in [0.15, 0.2) is 197 Å². The van der Waals surface area contributed by atoms with E-state index in [1.54, 1.807) is 39.0 Å². The van der Waals surface area contributed by atoms with Crippen LogP contribution in [0.25, 0.3) is 22.3 Å². The van der Waals surface area contributed by atoms with E-state index in [-0.39, 0.29) is 0 Å². The topological polar surface area (TPSA) is 0 Å². The van der Waals surface area contributed by atoms with Crippen molar-refractivity contribution in [2.75, 3.05) is 0 Å². The first-order chi connectivity index (χ1) is 27.8. The molecule has 0 aromatic heterocycles. The summed E-state index contributed by atoms with van der Waals surface area (Å²) in [7, 11) is 0. The molecule has 5 atom stereocenters. The van der Waals surface area contributed by atoms with Crippen molar-refractivity contribution in [3.63, 3.8) is 0 Å². The molecule has 0 aliphatic heterocycles. The predicted molar refractivity (Wildman–Crippen MR) is 236 cm³/mol. The van der Waals surface area contributed by atoms with Crippen LogP contribution in [0.2, 0.25) is 0 Å². The number of fused-ring (bicyclic) bond motifs is 4. The smallest absolute Gasteiger partial charge is 0.0134 e. The van der Waals surface area contributed by atoms with Crippen molar-refractivity contribution in [3.8, 4) is 0 Å². The summed E-state index contributed by atoms with van der Waals surface area (Å²) in [5.41, 5.74) is 16.9. The van der Waals surface area contributed by atoms with Crippen LogP contribution in [-0.2, 0) is 0 Å². The Morgan fingerprint density at radius 2 is 1.00 bits per heavy atom. The molecular weight excluding hydrogens is 673 g/mol. The number of rotatable bonds is 5. The molecule has 0 bridgehead atoms. The van der Waals surface area contributed by atoms with Crippen molar-refractivity contribution in [2.45, 2.75) is 63.7 Å². The van der Waals surface area contributed by atoms with E-state index in [1.165, 1.54) is 49.6 Å². The second-order valence-electron chi connectivity index (χ2n) is 17.0. The van der Waals surface area contributed by atoms with E-state index in [0.717, 1.165) is 51.4 Å².